The molecule has 2 aromatic rings. The van der Waals surface area contributed by atoms with Crippen LogP contribution in [0.25, 0.3) is 0 Å². The molecule has 144 valence electrons. The van der Waals surface area contributed by atoms with Crippen LogP contribution in [-0.2, 0) is 17.8 Å². The van der Waals surface area contributed by atoms with Crippen molar-refractivity contribution in [1.29, 1.82) is 0 Å². The number of methoxy groups -OCH3 is 1. The highest BCUT2D eigenvalue weighted by Gasteiger charge is 2.15. The number of rotatable bonds is 7. The van der Waals surface area contributed by atoms with Crippen LogP contribution in [0.5, 0.6) is 5.75 Å². The quantitative estimate of drug-likeness (QED) is 0.811. The van der Waals surface area contributed by atoms with Crippen LogP contribution < -0.4 is 15.0 Å². The fourth-order valence-electron chi connectivity index (χ4n) is 3.12. The largest absolute Gasteiger partial charge is 0.497 e. The van der Waals surface area contributed by atoms with Gasteiger partial charge in [-0.15, -0.1) is 0 Å². The number of aryl methyl sites for hydroxylation is 1. The standard InChI is InChI=1S/C21H28N4O2/c1-24-10-12-25(13-11-24)20-8-6-18(15-22-20)16-23-21(26)9-7-17-4-3-5-19(14-17)27-2/h3-6,8,14-15H,7,9-13,16H2,1-2H3,(H,23,26). The molecule has 1 amide bonds. The Morgan fingerprint density at radius 3 is 2.67 bits per heavy atom. The van der Waals surface area contributed by atoms with Crippen LogP contribution in [0.2, 0.25) is 0 Å². The molecule has 0 saturated carbocycles. The Morgan fingerprint density at radius 1 is 1.15 bits per heavy atom. The maximum Gasteiger partial charge on any atom is 0.220 e. The van der Waals surface area contributed by atoms with Crippen molar-refractivity contribution in [3.05, 3.63) is 53.7 Å². The van der Waals surface area contributed by atoms with Gasteiger partial charge in [-0.1, -0.05) is 18.2 Å². The highest BCUT2D eigenvalue weighted by atomic mass is 16.5. The van der Waals surface area contributed by atoms with E-state index < -0.39 is 0 Å². The monoisotopic (exact) mass is 368 g/mol. The van der Waals surface area contributed by atoms with E-state index in [0.29, 0.717) is 19.4 Å². The van der Waals surface area contributed by atoms with E-state index in [1.807, 2.05) is 42.6 Å². The number of pyridine rings is 1. The number of amides is 1. The molecule has 0 unspecified atom stereocenters. The maximum atomic E-state index is 12.1. The third-order valence-corrected chi connectivity index (χ3v) is 4.90. The number of piperazine rings is 1. The predicted octanol–water partition coefficient (Wildman–Crippen LogP) is 2.09. The smallest absolute Gasteiger partial charge is 0.220 e. The molecule has 3 rings (SSSR count). The first-order valence-electron chi connectivity index (χ1n) is 9.42. The van der Waals surface area contributed by atoms with Crippen LogP contribution in [0.15, 0.2) is 42.6 Å². The van der Waals surface area contributed by atoms with Crippen molar-refractivity contribution >= 4 is 11.7 Å². The third kappa shape index (κ3) is 5.69. The van der Waals surface area contributed by atoms with Crippen molar-refractivity contribution in [1.82, 2.24) is 15.2 Å². The van der Waals surface area contributed by atoms with Gasteiger partial charge in [0.15, 0.2) is 0 Å². The number of hydrogen-bond acceptors (Lipinski definition) is 5. The highest BCUT2D eigenvalue weighted by Crippen LogP contribution is 2.15. The number of anilines is 1. The van der Waals surface area contributed by atoms with E-state index in [1.54, 1.807) is 7.11 Å². The van der Waals surface area contributed by atoms with Crippen molar-refractivity contribution in [2.24, 2.45) is 0 Å². The molecule has 27 heavy (non-hydrogen) atoms. The van der Waals surface area contributed by atoms with Gasteiger partial charge in [0, 0.05) is 45.3 Å². The van der Waals surface area contributed by atoms with E-state index in [0.717, 1.165) is 48.9 Å². The number of benzene rings is 1. The summed E-state index contributed by atoms with van der Waals surface area (Å²) in [5.41, 5.74) is 2.12. The Kier molecular flexibility index (Phi) is 6.65. The Balaban J connectivity index is 1.43. The van der Waals surface area contributed by atoms with Crippen LogP contribution in [0.3, 0.4) is 0 Å². The summed E-state index contributed by atoms with van der Waals surface area (Å²) in [6, 6.07) is 11.9. The van der Waals surface area contributed by atoms with Gasteiger partial charge in [-0.2, -0.15) is 0 Å². The number of aromatic nitrogens is 1. The Hall–Kier alpha value is -2.60. The molecular weight excluding hydrogens is 340 g/mol. The van der Waals surface area contributed by atoms with Gasteiger partial charge >= 0.3 is 0 Å². The van der Waals surface area contributed by atoms with Gasteiger partial charge in [0.05, 0.1) is 7.11 Å². The molecule has 1 aliphatic rings. The second kappa shape index (κ2) is 9.37. The lowest BCUT2D eigenvalue weighted by Gasteiger charge is -2.33. The summed E-state index contributed by atoms with van der Waals surface area (Å²) in [5, 5.41) is 2.97. The molecule has 0 atom stereocenters. The topological polar surface area (TPSA) is 57.7 Å². The number of hydrogen-bond donors (Lipinski definition) is 1. The lowest BCUT2D eigenvalue weighted by Crippen LogP contribution is -2.44. The minimum atomic E-state index is 0.0426. The normalized spacial score (nSPS) is 14.8. The second-order valence-corrected chi connectivity index (χ2v) is 6.94. The fourth-order valence-corrected chi connectivity index (χ4v) is 3.12. The summed E-state index contributed by atoms with van der Waals surface area (Å²) in [6.45, 7) is 4.64. The lowest BCUT2D eigenvalue weighted by atomic mass is 10.1. The zero-order valence-electron chi connectivity index (χ0n) is 16.1. The molecule has 1 aliphatic heterocycles. The summed E-state index contributed by atoms with van der Waals surface area (Å²) in [6.07, 6.45) is 3.01. The minimum absolute atomic E-state index is 0.0426. The second-order valence-electron chi connectivity index (χ2n) is 6.94. The molecule has 2 heterocycles. The van der Waals surface area contributed by atoms with Gasteiger partial charge in [0.25, 0.3) is 0 Å². The average Bonchev–Trinajstić information content (AvgIpc) is 2.72. The molecular formula is C21H28N4O2. The van der Waals surface area contributed by atoms with Crippen molar-refractivity contribution in [2.75, 3.05) is 45.2 Å². The minimum Gasteiger partial charge on any atom is -0.497 e. The molecule has 1 saturated heterocycles. The average molecular weight is 368 g/mol. The molecule has 6 heteroatoms. The van der Waals surface area contributed by atoms with Crippen LogP contribution in [-0.4, -0.2) is 56.1 Å². The number of carbonyl (C=O) groups excluding carboxylic acids is 1. The van der Waals surface area contributed by atoms with E-state index in [1.165, 1.54) is 0 Å². The fraction of sp³-hybridized carbons (Fsp3) is 0.429. The summed E-state index contributed by atoms with van der Waals surface area (Å²) in [4.78, 5) is 21.3. The van der Waals surface area contributed by atoms with E-state index in [-0.39, 0.29) is 5.91 Å². The molecule has 0 radical (unpaired) electrons. The van der Waals surface area contributed by atoms with Gasteiger partial charge in [-0.25, -0.2) is 4.98 Å². The van der Waals surface area contributed by atoms with E-state index in [9.17, 15) is 4.79 Å². The first kappa shape index (κ1) is 19.2. The first-order chi connectivity index (χ1) is 13.1. The van der Waals surface area contributed by atoms with Crippen molar-refractivity contribution in [3.63, 3.8) is 0 Å². The molecule has 6 nitrogen and oxygen atoms in total. The van der Waals surface area contributed by atoms with E-state index in [2.05, 4.69) is 27.1 Å². The maximum absolute atomic E-state index is 12.1. The van der Waals surface area contributed by atoms with Crippen LogP contribution in [0.4, 0.5) is 5.82 Å². The first-order valence-corrected chi connectivity index (χ1v) is 9.42. The number of nitrogens with zero attached hydrogens (tertiary/aromatic N) is 3. The van der Waals surface area contributed by atoms with Gasteiger partial charge in [0.1, 0.15) is 11.6 Å². The molecule has 1 aromatic heterocycles. The van der Waals surface area contributed by atoms with Gasteiger partial charge in [0.2, 0.25) is 5.91 Å². The van der Waals surface area contributed by atoms with Crippen molar-refractivity contribution < 1.29 is 9.53 Å². The van der Waals surface area contributed by atoms with Crippen molar-refractivity contribution in [3.8, 4) is 5.75 Å². The number of ether oxygens (including phenoxy) is 1. The van der Waals surface area contributed by atoms with Gasteiger partial charge in [-0.05, 0) is 42.8 Å². The predicted molar refractivity (Wildman–Crippen MR) is 107 cm³/mol. The summed E-state index contributed by atoms with van der Waals surface area (Å²) < 4.78 is 5.21. The van der Waals surface area contributed by atoms with Crippen LogP contribution in [0, 0.1) is 0 Å². The number of nitrogens with one attached hydrogen (secondary N) is 1. The Labute approximate surface area is 161 Å². The molecule has 1 fully saturated rings. The van der Waals surface area contributed by atoms with E-state index in [4.69, 9.17) is 4.74 Å². The molecule has 1 N–H and O–H groups in total. The molecule has 0 aliphatic carbocycles. The van der Waals surface area contributed by atoms with Gasteiger partial charge in [-0.3, -0.25) is 4.79 Å². The summed E-state index contributed by atoms with van der Waals surface area (Å²) in [7, 11) is 3.79. The Bertz CT molecular complexity index is 740. The highest BCUT2D eigenvalue weighted by molar-refractivity contribution is 5.76. The Morgan fingerprint density at radius 2 is 1.96 bits per heavy atom. The molecule has 0 bridgehead atoms. The van der Waals surface area contributed by atoms with E-state index >= 15 is 0 Å². The zero-order chi connectivity index (χ0) is 19.1. The zero-order valence-corrected chi connectivity index (χ0v) is 16.1. The van der Waals surface area contributed by atoms with Crippen molar-refractivity contribution in [2.45, 2.75) is 19.4 Å². The van der Waals surface area contributed by atoms with Crippen LogP contribution in [0.1, 0.15) is 17.5 Å². The molecule has 1 aromatic carbocycles. The third-order valence-electron chi connectivity index (χ3n) is 4.90. The SMILES string of the molecule is COc1cccc(CCC(=O)NCc2ccc(N3CCN(C)CC3)nc2)c1. The van der Waals surface area contributed by atoms with Gasteiger partial charge < -0.3 is 19.9 Å². The lowest BCUT2D eigenvalue weighted by molar-refractivity contribution is -0.121. The number of likely N-dealkylation sites (N-methyl/N-ethyl adjacent to an activating group) is 1. The molecule has 0 spiro atoms. The summed E-state index contributed by atoms with van der Waals surface area (Å²) in [5.74, 6) is 1.87. The number of carbonyl (C=O) groups is 1. The van der Waals surface area contributed by atoms with Crippen LogP contribution >= 0.6 is 0 Å². The summed E-state index contributed by atoms with van der Waals surface area (Å²) >= 11 is 0.